The largest absolute Gasteiger partial charge is 0.462 e. The summed E-state index contributed by atoms with van der Waals surface area (Å²) in [6.45, 7) is 6.47. The van der Waals surface area contributed by atoms with Crippen LogP contribution >= 0.6 is 0 Å². The third-order valence-corrected chi connectivity index (χ3v) is 12.5. The molecule has 0 bridgehead atoms. The molecule has 0 aliphatic heterocycles. The van der Waals surface area contributed by atoms with Gasteiger partial charge in [-0.3, -0.25) is 9.59 Å². The molecule has 3 N–H and O–H groups in total. The van der Waals surface area contributed by atoms with Gasteiger partial charge in [0, 0.05) is 6.42 Å². The Morgan fingerprint density at radius 2 is 0.823 bits per heavy atom. The Kier molecular flexibility index (Phi) is 48.5. The predicted molar refractivity (Wildman–Crippen MR) is 269 cm³/mol. The van der Waals surface area contributed by atoms with Gasteiger partial charge >= 0.3 is 5.97 Å². The molecule has 0 saturated heterocycles. The van der Waals surface area contributed by atoms with Crippen molar-refractivity contribution in [1.82, 2.24) is 5.32 Å². The predicted octanol–water partition coefficient (Wildman–Crippen LogP) is 16.5. The number of hydrogen-bond acceptors (Lipinski definition) is 5. The van der Waals surface area contributed by atoms with E-state index in [0.29, 0.717) is 19.3 Å². The van der Waals surface area contributed by atoms with Gasteiger partial charge in [-0.2, -0.15) is 0 Å². The topological polar surface area (TPSA) is 95.9 Å². The summed E-state index contributed by atoms with van der Waals surface area (Å²) in [5.74, 6) is -0.501. The molecule has 0 aliphatic rings. The number of ether oxygens (including phenoxy) is 1. The Balaban J connectivity index is 4.58. The average Bonchev–Trinajstić information content (AvgIpc) is 3.26. The van der Waals surface area contributed by atoms with E-state index < -0.39 is 18.2 Å². The molecule has 0 radical (unpaired) electrons. The second-order valence-electron chi connectivity index (χ2n) is 18.7. The summed E-state index contributed by atoms with van der Waals surface area (Å²) in [5.41, 5.74) is 0. The number of aliphatic hydroxyl groups excluding tert-OH is 2. The van der Waals surface area contributed by atoms with E-state index in [1.807, 2.05) is 0 Å². The maximum absolute atomic E-state index is 13.2. The molecule has 0 aliphatic carbocycles. The molecular weight excluding hydrogens is 767 g/mol. The Labute approximate surface area is 385 Å². The lowest BCUT2D eigenvalue weighted by Gasteiger charge is -2.24. The molecule has 0 heterocycles. The van der Waals surface area contributed by atoms with Crippen LogP contribution in [0.5, 0.6) is 0 Å². The molecule has 1 amide bonds. The summed E-state index contributed by atoms with van der Waals surface area (Å²) in [6, 6.07) is -0.709. The smallest absolute Gasteiger partial charge is 0.306 e. The van der Waals surface area contributed by atoms with Crippen LogP contribution in [0.1, 0.15) is 284 Å². The van der Waals surface area contributed by atoms with E-state index in [0.717, 1.165) is 77.0 Å². The molecule has 3 atom stereocenters. The highest BCUT2D eigenvalue weighted by Gasteiger charge is 2.24. The average molecular weight is 872 g/mol. The number of esters is 1. The van der Waals surface area contributed by atoms with Gasteiger partial charge in [-0.15, -0.1) is 0 Å². The second-order valence-corrected chi connectivity index (χ2v) is 18.7. The number of hydrogen-bond donors (Lipinski definition) is 3. The van der Waals surface area contributed by atoms with Gasteiger partial charge in [0.1, 0.15) is 6.10 Å². The fraction of sp³-hybridized carbons (Fsp3) is 0.857. The van der Waals surface area contributed by atoms with Gasteiger partial charge in [-0.25, -0.2) is 0 Å². The normalized spacial score (nSPS) is 13.4. The lowest BCUT2D eigenvalue weighted by molar-refractivity contribution is -0.151. The van der Waals surface area contributed by atoms with Gasteiger partial charge in [0.05, 0.1) is 25.2 Å². The fourth-order valence-electron chi connectivity index (χ4n) is 8.30. The number of allylic oxidation sites excluding steroid dienone is 6. The van der Waals surface area contributed by atoms with Crippen molar-refractivity contribution in [3.63, 3.8) is 0 Å². The van der Waals surface area contributed by atoms with Gasteiger partial charge in [0.25, 0.3) is 0 Å². The van der Waals surface area contributed by atoms with E-state index in [2.05, 4.69) is 62.5 Å². The summed E-state index contributed by atoms with van der Waals surface area (Å²) in [7, 11) is 0. The Hall–Kier alpha value is -1.92. The van der Waals surface area contributed by atoms with Crippen molar-refractivity contribution < 1.29 is 24.5 Å². The van der Waals surface area contributed by atoms with Crippen LogP contribution in [0.3, 0.4) is 0 Å². The maximum atomic E-state index is 13.2. The molecule has 62 heavy (non-hydrogen) atoms. The zero-order chi connectivity index (χ0) is 45.2. The highest BCUT2D eigenvalue weighted by molar-refractivity contribution is 5.77. The van der Waals surface area contributed by atoms with Crippen molar-refractivity contribution in [2.75, 3.05) is 6.61 Å². The minimum Gasteiger partial charge on any atom is -0.462 e. The summed E-state index contributed by atoms with van der Waals surface area (Å²) >= 11 is 0. The van der Waals surface area contributed by atoms with E-state index in [4.69, 9.17) is 4.74 Å². The van der Waals surface area contributed by atoms with Crippen LogP contribution in [-0.2, 0) is 14.3 Å². The first kappa shape index (κ1) is 60.1. The minimum atomic E-state index is -0.793. The monoisotopic (exact) mass is 872 g/mol. The Morgan fingerprint density at radius 1 is 0.468 bits per heavy atom. The molecule has 0 spiro atoms. The Morgan fingerprint density at radius 3 is 1.26 bits per heavy atom. The number of amides is 1. The summed E-state index contributed by atoms with van der Waals surface area (Å²) in [5, 5.41) is 23.7. The number of unbranched alkanes of at least 4 members (excludes halogenated alkanes) is 32. The van der Waals surface area contributed by atoms with Crippen molar-refractivity contribution >= 4 is 11.9 Å². The van der Waals surface area contributed by atoms with Crippen LogP contribution in [0.15, 0.2) is 36.5 Å². The number of carbonyl (C=O) groups is 2. The number of rotatable bonds is 49. The molecule has 0 aromatic rings. The molecule has 0 rings (SSSR count). The van der Waals surface area contributed by atoms with Gasteiger partial charge in [-0.1, -0.05) is 231 Å². The van der Waals surface area contributed by atoms with Gasteiger partial charge in [-0.05, 0) is 77.0 Å². The van der Waals surface area contributed by atoms with Gasteiger partial charge in [0.2, 0.25) is 5.91 Å². The third-order valence-electron chi connectivity index (χ3n) is 12.5. The van der Waals surface area contributed by atoms with Crippen molar-refractivity contribution in [1.29, 1.82) is 0 Å². The molecule has 0 aromatic carbocycles. The van der Waals surface area contributed by atoms with E-state index in [1.54, 1.807) is 0 Å². The van der Waals surface area contributed by atoms with Crippen LogP contribution in [0.25, 0.3) is 0 Å². The van der Waals surface area contributed by atoms with Crippen LogP contribution in [0.4, 0.5) is 0 Å². The van der Waals surface area contributed by atoms with Crippen LogP contribution < -0.4 is 5.32 Å². The van der Waals surface area contributed by atoms with Crippen LogP contribution in [0, 0.1) is 0 Å². The van der Waals surface area contributed by atoms with E-state index in [-0.39, 0.29) is 24.9 Å². The molecule has 0 fully saturated rings. The van der Waals surface area contributed by atoms with Crippen molar-refractivity contribution in [2.45, 2.75) is 302 Å². The standard InChI is InChI=1S/C56H105NO5/c1-4-7-10-13-16-19-21-23-25-27-28-30-32-34-37-40-43-46-49-56(61)62-52(47-44-41-38-36-33-31-29-26-24-22-20-17-14-11-8-5-2)50-55(60)57-53(51-58)54(59)48-45-42-39-35-18-15-12-9-6-3/h26,28-31,33,52-54,58-59H,4-25,27,32,34-51H2,1-3H3,(H,57,60)/b29-26+,30-28+,33-31+. The summed E-state index contributed by atoms with van der Waals surface area (Å²) in [6.07, 6.45) is 59.3. The van der Waals surface area contributed by atoms with Crippen LogP contribution in [0.2, 0.25) is 0 Å². The molecule has 364 valence electrons. The zero-order valence-electron chi connectivity index (χ0n) is 41.5. The molecule has 6 nitrogen and oxygen atoms in total. The second kappa shape index (κ2) is 50.1. The number of aliphatic hydroxyl groups is 2. The van der Waals surface area contributed by atoms with Crippen molar-refractivity contribution in [3.05, 3.63) is 36.5 Å². The molecule has 0 saturated carbocycles. The SMILES string of the molecule is CCCCCCCCC/C=C/C=C/CCCCCC(CC(=O)NC(CO)C(O)CCCCCCCCCCC)OC(=O)CCCCCCC/C=C/CCCCCCCCCCC. The van der Waals surface area contributed by atoms with Gasteiger partial charge in [0.15, 0.2) is 0 Å². The first-order chi connectivity index (χ1) is 30.5. The van der Waals surface area contributed by atoms with Gasteiger partial charge < -0.3 is 20.3 Å². The highest BCUT2D eigenvalue weighted by Crippen LogP contribution is 2.17. The van der Waals surface area contributed by atoms with Crippen molar-refractivity contribution in [3.8, 4) is 0 Å². The Bertz CT molecular complexity index is 1020. The lowest BCUT2D eigenvalue weighted by Crippen LogP contribution is -2.46. The number of carbonyl (C=O) groups excluding carboxylic acids is 2. The quantitative estimate of drug-likeness (QED) is 0.0245. The van der Waals surface area contributed by atoms with Crippen LogP contribution in [-0.4, -0.2) is 46.9 Å². The molecular formula is C56H105NO5. The summed E-state index contributed by atoms with van der Waals surface area (Å²) < 4.78 is 5.93. The number of nitrogens with one attached hydrogen (secondary N) is 1. The fourth-order valence-corrected chi connectivity index (χ4v) is 8.30. The zero-order valence-corrected chi connectivity index (χ0v) is 41.5. The van der Waals surface area contributed by atoms with E-state index in [1.165, 1.54) is 161 Å². The minimum absolute atomic E-state index is 0.0586. The maximum Gasteiger partial charge on any atom is 0.306 e. The third kappa shape index (κ3) is 44.7. The summed E-state index contributed by atoms with van der Waals surface area (Å²) in [4.78, 5) is 26.2. The highest BCUT2D eigenvalue weighted by atomic mass is 16.5. The lowest BCUT2D eigenvalue weighted by atomic mass is 10.0. The molecule has 3 unspecified atom stereocenters. The first-order valence-corrected chi connectivity index (χ1v) is 27.2. The van der Waals surface area contributed by atoms with Crippen molar-refractivity contribution in [2.24, 2.45) is 0 Å². The molecule has 0 aromatic heterocycles. The van der Waals surface area contributed by atoms with E-state index >= 15 is 0 Å². The van der Waals surface area contributed by atoms with E-state index in [9.17, 15) is 19.8 Å². The molecule has 6 heteroatoms. The first-order valence-electron chi connectivity index (χ1n) is 27.2.